The standard InChI is InChI=1S/C15H11Cl2N3O3S/c1-23-6-13-9(14(21)22)5-18-20(13)15-19-12(7-24-15)8-2-3-10(16)11(17)4-8/h2-5,7H,6H2,1H3,(H,21,22). The van der Waals surface area contributed by atoms with Gasteiger partial charge in [-0.15, -0.1) is 11.3 Å². The van der Waals surface area contributed by atoms with Gasteiger partial charge in [-0.05, 0) is 12.1 Å². The third-order valence-corrected chi connectivity index (χ3v) is 4.82. The molecule has 3 rings (SSSR count). The minimum atomic E-state index is -1.06. The fourth-order valence-corrected chi connectivity index (χ4v) is 3.25. The average molecular weight is 384 g/mol. The maximum atomic E-state index is 11.3. The van der Waals surface area contributed by atoms with E-state index >= 15 is 0 Å². The van der Waals surface area contributed by atoms with E-state index in [2.05, 4.69) is 10.1 Å². The molecule has 2 heterocycles. The molecule has 2 aromatic heterocycles. The number of aromatic carboxylic acids is 1. The summed E-state index contributed by atoms with van der Waals surface area (Å²) in [6.07, 6.45) is 1.29. The summed E-state index contributed by atoms with van der Waals surface area (Å²) in [4.78, 5) is 15.8. The van der Waals surface area contributed by atoms with E-state index in [0.29, 0.717) is 26.6 Å². The quantitative estimate of drug-likeness (QED) is 0.715. The van der Waals surface area contributed by atoms with Gasteiger partial charge in [-0.2, -0.15) is 5.10 Å². The summed E-state index contributed by atoms with van der Waals surface area (Å²) in [6, 6.07) is 5.24. The molecule has 0 spiro atoms. The number of hydrogen-bond acceptors (Lipinski definition) is 5. The number of rotatable bonds is 5. The van der Waals surface area contributed by atoms with Crippen LogP contribution < -0.4 is 0 Å². The van der Waals surface area contributed by atoms with Crippen LogP contribution in [0, 0.1) is 0 Å². The summed E-state index contributed by atoms with van der Waals surface area (Å²) in [5.41, 5.74) is 2.03. The van der Waals surface area contributed by atoms with Crippen LogP contribution in [-0.2, 0) is 11.3 Å². The Bertz CT molecular complexity index is 907. The van der Waals surface area contributed by atoms with Gasteiger partial charge in [0.05, 0.1) is 34.2 Å². The zero-order chi connectivity index (χ0) is 17.3. The Hall–Kier alpha value is -1.93. The van der Waals surface area contributed by atoms with Crippen LogP contribution in [0.15, 0.2) is 29.8 Å². The van der Waals surface area contributed by atoms with E-state index in [1.165, 1.54) is 29.3 Å². The monoisotopic (exact) mass is 383 g/mol. The lowest BCUT2D eigenvalue weighted by atomic mass is 10.2. The van der Waals surface area contributed by atoms with Gasteiger partial charge in [0, 0.05) is 18.1 Å². The smallest absolute Gasteiger partial charge is 0.339 e. The number of carboxylic acid groups (broad SMARTS) is 1. The summed E-state index contributed by atoms with van der Waals surface area (Å²) in [7, 11) is 1.49. The number of carboxylic acids is 1. The fraction of sp³-hybridized carbons (Fsp3) is 0.133. The Kier molecular flexibility index (Phi) is 4.86. The van der Waals surface area contributed by atoms with Crippen molar-refractivity contribution in [3.63, 3.8) is 0 Å². The van der Waals surface area contributed by atoms with Crippen molar-refractivity contribution in [3.05, 3.63) is 51.1 Å². The molecule has 0 aliphatic heterocycles. The molecule has 6 nitrogen and oxygen atoms in total. The first-order valence-electron chi connectivity index (χ1n) is 6.71. The lowest BCUT2D eigenvalue weighted by molar-refractivity contribution is 0.0691. The number of methoxy groups -OCH3 is 1. The Morgan fingerprint density at radius 3 is 2.83 bits per heavy atom. The number of nitrogens with zero attached hydrogens (tertiary/aromatic N) is 3. The molecule has 0 aliphatic carbocycles. The third kappa shape index (κ3) is 3.16. The highest BCUT2D eigenvalue weighted by molar-refractivity contribution is 7.12. The maximum absolute atomic E-state index is 11.3. The van der Waals surface area contributed by atoms with Crippen molar-refractivity contribution in [2.75, 3.05) is 7.11 Å². The first-order valence-corrected chi connectivity index (χ1v) is 8.35. The highest BCUT2D eigenvalue weighted by Gasteiger charge is 2.19. The molecule has 0 radical (unpaired) electrons. The molecular weight excluding hydrogens is 373 g/mol. The molecule has 0 saturated heterocycles. The van der Waals surface area contributed by atoms with Gasteiger partial charge < -0.3 is 9.84 Å². The first-order chi connectivity index (χ1) is 11.5. The zero-order valence-electron chi connectivity index (χ0n) is 12.4. The average Bonchev–Trinajstić information content (AvgIpc) is 3.17. The number of hydrogen-bond donors (Lipinski definition) is 1. The van der Waals surface area contributed by atoms with Crippen LogP contribution in [0.3, 0.4) is 0 Å². The Morgan fingerprint density at radius 1 is 1.38 bits per heavy atom. The maximum Gasteiger partial charge on any atom is 0.339 e. The molecule has 124 valence electrons. The summed E-state index contributed by atoms with van der Waals surface area (Å²) in [5, 5.41) is 16.6. The van der Waals surface area contributed by atoms with E-state index in [4.69, 9.17) is 27.9 Å². The van der Waals surface area contributed by atoms with Gasteiger partial charge in [-0.1, -0.05) is 29.3 Å². The van der Waals surface area contributed by atoms with E-state index in [9.17, 15) is 9.90 Å². The lowest BCUT2D eigenvalue weighted by Crippen LogP contribution is -2.07. The normalized spacial score (nSPS) is 11.0. The summed E-state index contributed by atoms with van der Waals surface area (Å²) in [6.45, 7) is 0.114. The molecule has 1 N–H and O–H groups in total. The molecule has 0 unspecified atom stereocenters. The first kappa shape index (κ1) is 16.9. The molecular formula is C15H11Cl2N3O3S. The topological polar surface area (TPSA) is 77.2 Å². The van der Waals surface area contributed by atoms with Crippen LogP contribution >= 0.6 is 34.5 Å². The number of ether oxygens (including phenoxy) is 1. The minimum Gasteiger partial charge on any atom is -0.478 e. The van der Waals surface area contributed by atoms with E-state index in [-0.39, 0.29) is 12.2 Å². The van der Waals surface area contributed by atoms with E-state index < -0.39 is 5.97 Å². The van der Waals surface area contributed by atoms with Crippen LogP contribution in [0.25, 0.3) is 16.4 Å². The van der Waals surface area contributed by atoms with E-state index in [1.54, 1.807) is 12.1 Å². The number of carbonyl (C=O) groups is 1. The van der Waals surface area contributed by atoms with Gasteiger partial charge >= 0.3 is 5.97 Å². The van der Waals surface area contributed by atoms with Crippen molar-refractivity contribution in [2.24, 2.45) is 0 Å². The lowest BCUT2D eigenvalue weighted by Gasteiger charge is -2.04. The third-order valence-electron chi connectivity index (χ3n) is 3.27. The van der Waals surface area contributed by atoms with Crippen LogP contribution in [0.2, 0.25) is 10.0 Å². The molecule has 0 aliphatic rings. The van der Waals surface area contributed by atoms with Crippen molar-refractivity contribution < 1.29 is 14.6 Å². The van der Waals surface area contributed by atoms with Gasteiger partial charge in [-0.25, -0.2) is 14.5 Å². The molecule has 0 amide bonds. The molecule has 1 aromatic carbocycles. The van der Waals surface area contributed by atoms with Crippen LogP contribution in [0.5, 0.6) is 0 Å². The summed E-state index contributed by atoms with van der Waals surface area (Å²) in [5.74, 6) is -1.06. The molecule has 0 fully saturated rings. The fourth-order valence-electron chi connectivity index (χ4n) is 2.14. The molecule has 3 aromatic rings. The predicted octanol–water partition coefficient (Wildman–Crippen LogP) is 4.15. The van der Waals surface area contributed by atoms with E-state index in [1.807, 2.05) is 11.4 Å². The van der Waals surface area contributed by atoms with Crippen molar-refractivity contribution in [1.82, 2.24) is 14.8 Å². The second-order valence-electron chi connectivity index (χ2n) is 4.80. The van der Waals surface area contributed by atoms with Crippen molar-refractivity contribution in [3.8, 4) is 16.4 Å². The molecule has 9 heteroatoms. The van der Waals surface area contributed by atoms with E-state index in [0.717, 1.165) is 5.56 Å². The largest absolute Gasteiger partial charge is 0.478 e. The van der Waals surface area contributed by atoms with Crippen molar-refractivity contribution in [2.45, 2.75) is 6.61 Å². The Balaban J connectivity index is 2.01. The van der Waals surface area contributed by atoms with Gasteiger partial charge in [0.2, 0.25) is 5.13 Å². The number of benzene rings is 1. The van der Waals surface area contributed by atoms with Gasteiger partial charge in [-0.3, -0.25) is 0 Å². The van der Waals surface area contributed by atoms with Gasteiger partial charge in [0.15, 0.2) is 0 Å². The van der Waals surface area contributed by atoms with Gasteiger partial charge in [0.1, 0.15) is 5.56 Å². The van der Waals surface area contributed by atoms with Crippen LogP contribution in [0.1, 0.15) is 16.1 Å². The van der Waals surface area contributed by atoms with Gasteiger partial charge in [0.25, 0.3) is 0 Å². The number of aromatic nitrogens is 3. The second-order valence-corrected chi connectivity index (χ2v) is 6.45. The second kappa shape index (κ2) is 6.90. The Morgan fingerprint density at radius 2 is 2.17 bits per heavy atom. The SMILES string of the molecule is COCc1c(C(=O)O)cnn1-c1nc(-c2ccc(Cl)c(Cl)c2)cs1. The highest BCUT2D eigenvalue weighted by atomic mass is 35.5. The van der Waals surface area contributed by atoms with Crippen molar-refractivity contribution in [1.29, 1.82) is 0 Å². The summed E-state index contributed by atoms with van der Waals surface area (Å²) < 4.78 is 6.55. The predicted molar refractivity (Wildman–Crippen MR) is 92.4 cm³/mol. The van der Waals surface area contributed by atoms with Crippen molar-refractivity contribution >= 4 is 40.5 Å². The highest BCUT2D eigenvalue weighted by Crippen LogP contribution is 2.30. The van der Waals surface area contributed by atoms with Crippen LogP contribution in [-0.4, -0.2) is 33.0 Å². The summed E-state index contributed by atoms with van der Waals surface area (Å²) >= 11 is 13.3. The molecule has 0 atom stereocenters. The Labute approximate surface area is 151 Å². The molecule has 0 bridgehead atoms. The van der Waals surface area contributed by atoms with Crippen LogP contribution in [0.4, 0.5) is 0 Å². The number of halogens is 2. The zero-order valence-corrected chi connectivity index (χ0v) is 14.7. The minimum absolute atomic E-state index is 0.0862. The number of thiazole rings is 1. The molecule has 24 heavy (non-hydrogen) atoms. The molecule has 0 saturated carbocycles.